The molecule has 2 amide bonds. The number of carbonyl (C=O) groups is 1. The third-order valence-corrected chi connectivity index (χ3v) is 3.68. The number of nitrogens with zero attached hydrogens (tertiary/aromatic N) is 1. The largest absolute Gasteiger partial charge is 0.346 e. The van der Waals surface area contributed by atoms with Gasteiger partial charge in [-0.1, -0.05) is 37.6 Å². The highest BCUT2D eigenvalue weighted by Crippen LogP contribution is 2.38. The number of benzene rings is 1. The molecule has 0 fully saturated rings. The Balaban J connectivity index is 2.23. The van der Waals surface area contributed by atoms with Crippen molar-refractivity contribution < 1.29 is 9.63 Å². The summed E-state index contributed by atoms with van der Waals surface area (Å²) in [5, 5.41) is 0. The van der Waals surface area contributed by atoms with Gasteiger partial charge < -0.3 is 0 Å². The van der Waals surface area contributed by atoms with Crippen LogP contribution in [-0.2, 0) is 4.84 Å². The second kappa shape index (κ2) is 6.31. The highest BCUT2D eigenvalue weighted by Gasteiger charge is 2.35. The first-order chi connectivity index (χ1) is 9.97. The first kappa shape index (κ1) is 15.6. The number of urea groups is 1. The van der Waals surface area contributed by atoms with Crippen molar-refractivity contribution in [3.8, 4) is 0 Å². The molecule has 0 saturated carbocycles. The van der Waals surface area contributed by atoms with Gasteiger partial charge in [-0.05, 0) is 38.8 Å². The Bertz CT molecular complexity index is 549. The van der Waals surface area contributed by atoms with E-state index in [2.05, 4.69) is 25.4 Å². The first-order valence-electron chi connectivity index (χ1n) is 7.48. The van der Waals surface area contributed by atoms with Crippen LogP contribution < -0.4 is 10.4 Å². The monoisotopic (exact) mass is 288 g/mol. The molecular weight excluding hydrogens is 264 g/mol. The van der Waals surface area contributed by atoms with Gasteiger partial charge in [-0.25, -0.2) is 10.3 Å². The number of nitrogens with one attached hydrogen (secondary N) is 1. The van der Waals surface area contributed by atoms with Crippen molar-refractivity contribution in [2.45, 2.75) is 46.1 Å². The fraction of sp³-hybridized carbons (Fsp3) is 0.471. The van der Waals surface area contributed by atoms with Gasteiger partial charge in [-0.3, -0.25) is 9.74 Å². The van der Waals surface area contributed by atoms with E-state index in [1.807, 2.05) is 38.1 Å². The predicted molar refractivity (Wildman–Crippen MR) is 86.0 cm³/mol. The Labute approximate surface area is 126 Å². The molecule has 1 aromatic rings. The van der Waals surface area contributed by atoms with Gasteiger partial charge >= 0.3 is 6.03 Å². The molecule has 0 aromatic heterocycles. The molecule has 1 aromatic carbocycles. The normalized spacial score (nSPS) is 16.2. The van der Waals surface area contributed by atoms with Crippen LogP contribution in [0.1, 0.15) is 46.1 Å². The van der Waals surface area contributed by atoms with E-state index >= 15 is 0 Å². The molecule has 114 valence electrons. The van der Waals surface area contributed by atoms with Crippen molar-refractivity contribution >= 4 is 17.3 Å². The SMILES string of the molecule is CCCCONC(=O)N1c2ccccc2C(C)=CC1(C)C. The number of unbranched alkanes of at least 4 members (excludes halogenated alkanes) is 1. The molecule has 0 bridgehead atoms. The van der Waals surface area contributed by atoms with E-state index < -0.39 is 5.54 Å². The number of amides is 2. The van der Waals surface area contributed by atoms with E-state index in [0.717, 1.165) is 24.1 Å². The smallest absolute Gasteiger partial charge is 0.283 e. The Morgan fingerprint density at radius 1 is 1.33 bits per heavy atom. The van der Waals surface area contributed by atoms with Gasteiger partial charge in [-0.15, -0.1) is 0 Å². The molecule has 1 aliphatic rings. The lowest BCUT2D eigenvalue weighted by molar-refractivity contribution is 0.0606. The molecule has 0 saturated heterocycles. The number of hydrogen-bond acceptors (Lipinski definition) is 2. The van der Waals surface area contributed by atoms with Crippen LogP contribution in [0.3, 0.4) is 0 Å². The summed E-state index contributed by atoms with van der Waals surface area (Å²) in [5.74, 6) is 0. The zero-order chi connectivity index (χ0) is 15.5. The van der Waals surface area contributed by atoms with E-state index in [1.54, 1.807) is 4.90 Å². The zero-order valence-corrected chi connectivity index (χ0v) is 13.3. The van der Waals surface area contributed by atoms with Crippen LogP contribution in [0.5, 0.6) is 0 Å². The second-order valence-corrected chi connectivity index (χ2v) is 5.94. The number of hydroxylamine groups is 1. The van der Waals surface area contributed by atoms with E-state index in [1.165, 1.54) is 5.57 Å². The number of rotatable bonds is 4. The summed E-state index contributed by atoms with van der Waals surface area (Å²) in [4.78, 5) is 19.5. The molecule has 0 spiro atoms. The van der Waals surface area contributed by atoms with E-state index in [0.29, 0.717) is 6.61 Å². The minimum Gasteiger partial charge on any atom is -0.283 e. The van der Waals surface area contributed by atoms with Gasteiger partial charge in [0, 0.05) is 5.56 Å². The fourth-order valence-electron chi connectivity index (χ4n) is 2.73. The minimum absolute atomic E-state index is 0.229. The van der Waals surface area contributed by atoms with Crippen LogP contribution in [0, 0.1) is 0 Å². The first-order valence-corrected chi connectivity index (χ1v) is 7.48. The molecule has 4 nitrogen and oxygen atoms in total. The molecular formula is C17H24N2O2. The van der Waals surface area contributed by atoms with Crippen molar-refractivity contribution in [2.24, 2.45) is 0 Å². The van der Waals surface area contributed by atoms with Gasteiger partial charge in [0.05, 0.1) is 17.8 Å². The molecule has 1 N–H and O–H groups in total. The maximum absolute atomic E-state index is 12.5. The zero-order valence-electron chi connectivity index (χ0n) is 13.3. The van der Waals surface area contributed by atoms with E-state index in [-0.39, 0.29) is 6.03 Å². The molecule has 0 atom stereocenters. The highest BCUT2D eigenvalue weighted by molar-refractivity contribution is 5.99. The Morgan fingerprint density at radius 2 is 2.05 bits per heavy atom. The van der Waals surface area contributed by atoms with Crippen LogP contribution in [0.25, 0.3) is 5.57 Å². The van der Waals surface area contributed by atoms with Gasteiger partial charge in [-0.2, -0.15) is 0 Å². The topological polar surface area (TPSA) is 41.6 Å². The number of para-hydroxylation sites is 1. The Hall–Kier alpha value is -1.81. The molecule has 1 heterocycles. The Kier molecular flexibility index (Phi) is 4.68. The highest BCUT2D eigenvalue weighted by atomic mass is 16.7. The van der Waals surface area contributed by atoms with Crippen molar-refractivity contribution in [1.29, 1.82) is 0 Å². The lowest BCUT2D eigenvalue weighted by Crippen LogP contribution is -2.53. The maximum atomic E-state index is 12.5. The van der Waals surface area contributed by atoms with E-state index in [9.17, 15) is 4.79 Å². The van der Waals surface area contributed by atoms with Crippen molar-refractivity contribution in [3.05, 3.63) is 35.9 Å². The number of hydrogen-bond donors (Lipinski definition) is 1. The summed E-state index contributed by atoms with van der Waals surface area (Å²) in [5.41, 5.74) is 5.35. The van der Waals surface area contributed by atoms with Crippen molar-refractivity contribution in [2.75, 3.05) is 11.5 Å². The van der Waals surface area contributed by atoms with Crippen LogP contribution in [0.15, 0.2) is 30.3 Å². The van der Waals surface area contributed by atoms with Gasteiger partial charge in [0.25, 0.3) is 0 Å². The molecule has 1 aliphatic heterocycles. The molecule has 21 heavy (non-hydrogen) atoms. The third-order valence-electron chi connectivity index (χ3n) is 3.68. The van der Waals surface area contributed by atoms with Gasteiger partial charge in [0.1, 0.15) is 0 Å². The summed E-state index contributed by atoms with van der Waals surface area (Å²) in [6.07, 6.45) is 4.08. The number of anilines is 1. The summed E-state index contributed by atoms with van der Waals surface area (Å²) >= 11 is 0. The minimum atomic E-state index is -0.392. The second-order valence-electron chi connectivity index (χ2n) is 5.94. The Morgan fingerprint density at radius 3 is 2.76 bits per heavy atom. The van der Waals surface area contributed by atoms with E-state index in [4.69, 9.17) is 4.84 Å². The summed E-state index contributed by atoms with van der Waals surface area (Å²) in [7, 11) is 0. The third kappa shape index (κ3) is 3.27. The average Bonchev–Trinajstić information content (AvgIpc) is 2.42. The fourth-order valence-corrected chi connectivity index (χ4v) is 2.73. The standard InChI is InChI=1S/C17H24N2O2/c1-5-6-11-21-18-16(20)19-15-10-8-7-9-14(15)13(2)12-17(19,3)4/h7-10,12H,5-6,11H2,1-4H3,(H,18,20). The van der Waals surface area contributed by atoms with Crippen molar-refractivity contribution in [3.63, 3.8) is 0 Å². The van der Waals surface area contributed by atoms with Crippen molar-refractivity contribution in [1.82, 2.24) is 5.48 Å². The molecule has 0 radical (unpaired) electrons. The summed E-state index contributed by atoms with van der Waals surface area (Å²) < 4.78 is 0. The molecule has 0 unspecified atom stereocenters. The summed E-state index contributed by atoms with van der Waals surface area (Å²) in [6.45, 7) is 8.75. The summed E-state index contributed by atoms with van der Waals surface area (Å²) in [6, 6.07) is 7.72. The molecule has 2 rings (SSSR count). The number of fused-ring (bicyclic) bond motifs is 1. The van der Waals surface area contributed by atoms with Crippen LogP contribution >= 0.6 is 0 Å². The molecule has 4 heteroatoms. The van der Waals surface area contributed by atoms with Gasteiger partial charge in [0.2, 0.25) is 0 Å². The maximum Gasteiger partial charge on any atom is 0.346 e. The van der Waals surface area contributed by atoms with Crippen LogP contribution in [0.4, 0.5) is 10.5 Å². The molecule has 0 aliphatic carbocycles. The van der Waals surface area contributed by atoms with Crippen LogP contribution in [0.2, 0.25) is 0 Å². The number of carbonyl (C=O) groups excluding carboxylic acids is 1. The number of allylic oxidation sites excluding steroid dienone is 1. The predicted octanol–water partition coefficient (Wildman–Crippen LogP) is 4.13. The average molecular weight is 288 g/mol. The quantitative estimate of drug-likeness (QED) is 0.668. The lowest BCUT2D eigenvalue weighted by atomic mass is 9.89. The van der Waals surface area contributed by atoms with Gasteiger partial charge in [0.15, 0.2) is 0 Å². The lowest BCUT2D eigenvalue weighted by Gasteiger charge is -2.41. The van der Waals surface area contributed by atoms with Crippen LogP contribution in [-0.4, -0.2) is 18.2 Å².